The van der Waals surface area contributed by atoms with Crippen molar-refractivity contribution < 1.29 is 14.4 Å². The number of hydrogen-bond donors (Lipinski definition) is 3. The Kier molecular flexibility index (Phi) is 11.9. The summed E-state index contributed by atoms with van der Waals surface area (Å²) in [5.74, 6) is -1.22. The summed E-state index contributed by atoms with van der Waals surface area (Å²) in [6.07, 6.45) is 1.50. The summed E-state index contributed by atoms with van der Waals surface area (Å²) in [6.45, 7) is 4.03. The number of aromatic nitrogens is 1. The van der Waals surface area contributed by atoms with Crippen molar-refractivity contribution in [3.05, 3.63) is 170 Å². The van der Waals surface area contributed by atoms with Crippen LogP contribution >= 0.6 is 46.3 Å². The molecule has 1 unspecified atom stereocenters. The second kappa shape index (κ2) is 16.9. The minimum absolute atomic E-state index is 0.0136. The Balaban J connectivity index is 1.19. The van der Waals surface area contributed by atoms with Crippen LogP contribution in [0.2, 0.25) is 10.0 Å². The smallest absolute Gasteiger partial charge is 0.272 e. The summed E-state index contributed by atoms with van der Waals surface area (Å²) >= 11 is 15.3. The summed E-state index contributed by atoms with van der Waals surface area (Å²) in [5.41, 5.74) is 5.20. The van der Waals surface area contributed by atoms with E-state index < -0.39 is 17.1 Å². The summed E-state index contributed by atoms with van der Waals surface area (Å²) in [4.78, 5) is 47.0. The highest BCUT2D eigenvalue weighted by Crippen LogP contribution is 2.38. The van der Waals surface area contributed by atoms with Crippen LogP contribution in [0, 0.1) is 13.8 Å². The van der Waals surface area contributed by atoms with Crippen LogP contribution in [-0.2, 0) is 9.59 Å². The van der Waals surface area contributed by atoms with Crippen LogP contribution in [0.4, 0.5) is 10.8 Å². The molecular formula is C41H32Cl2N4O3S2. The maximum absolute atomic E-state index is 13.8. The zero-order chi connectivity index (χ0) is 36.6. The van der Waals surface area contributed by atoms with Gasteiger partial charge in [-0.25, -0.2) is 4.98 Å². The van der Waals surface area contributed by atoms with Crippen molar-refractivity contribution in [2.24, 2.45) is 0 Å². The van der Waals surface area contributed by atoms with E-state index in [1.807, 2.05) is 80.6 Å². The van der Waals surface area contributed by atoms with Crippen LogP contribution in [0.3, 0.4) is 0 Å². The van der Waals surface area contributed by atoms with E-state index >= 15 is 0 Å². The summed E-state index contributed by atoms with van der Waals surface area (Å²) in [6, 6.07) is 38.3. The van der Waals surface area contributed by atoms with Crippen molar-refractivity contribution in [2.75, 3.05) is 10.6 Å². The van der Waals surface area contributed by atoms with Gasteiger partial charge < -0.3 is 16.0 Å². The Morgan fingerprint density at radius 2 is 1.46 bits per heavy atom. The molecule has 0 spiro atoms. The number of nitrogens with zero attached hydrogens (tertiary/aromatic N) is 1. The number of anilines is 2. The number of benzene rings is 5. The number of amides is 3. The Hall–Kier alpha value is -5.19. The van der Waals surface area contributed by atoms with E-state index in [0.29, 0.717) is 32.0 Å². The molecule has 0 fully saturated rings. The maximum atomic E-state index is 13.8. The largest absolute Gasteiger partial charge is 0.321 e. The van der Waals surface area contributed by atoms with E-state index in [2.05, 4.69) is 16.0 Å². The SMILES string of the molecule is Cc1ccc(-c2nc(NC(=O)C(Sc3ccc(NC(=O)/C(=C/c4ccc(Cl)cc4Cl)NC(=O)c4ccccc4)cc3)c3ccccc3)sc2C)cc1. The zero-order valence-corrected chi connectivity index (χ0v) is 31.2. The minimum Gasteiger partial charge on any atom is -0.321 e. The number of hydrogen-bond acceptors (Lipinski definition) is 6. The molecule has 0 bridgehead atoms. The molecule has 6 aromatic rings. The molecule has 7 nitrogen and oxygen atoms in total. The van der Waals surface area contributed by atoms with Crippen LogP contribution in [-0.4, -0.2) is 22.7 Å². The fraction of sp³-hybridized carbons (Fsp3) is 0.0732. The standard InChI is InChI=1S/C41H32Cl2N4O3S2/c1-25-13-15-27(16-14-25)36-26(2)51-41(46-36)47-40(50)37(28-9-5-3-6-10-28)52-33-21-19-32(20-22-33)44-39(49)35(23-30-17-18-31(42)24-34(30)43)45-38(48)29-11-7-4-8-12-29/h3-24,37H,1-2H3,(H,44,49)(H,45,48)(H,46,47,50)/b35-23-. The predicted octanol–water partition coefficient (Wildman–Crippen LogP) is 10.6. The Morgan fingerprint density at radius 3 is 2.13 bits per heavy atom. The lowest BCUT2D eigenvalue weighted by molar-refractivity contribution is -0.116. The number of thiazole rings is 1. The van der Waals surface area contributed by atoms with Gasteiger partial charge in [0.2, 0.25) is 5.91 Å². The first-order valence-corrected chi connectivity index (χ1v) is 18.6. The first-order valence-electron chi connectivity index (χ1n) is 16.1. The van der Waals surface area contributed by atoms with Gasteiger partial charge in [0.25, 0.3) is 11.8 Å². The normalized spacial score (nSPS) is 11.8. The highest BCUT2D eigenvalue weighted by atomic mass is 35.5. The number of halogens is 2. The molecule has 0 aliphatic carbocycles. The van der Waals surface area contributed by atoms with Gasteiger partial charge in [-0.1, -0.05) is 108 Å². The van der Waals surface area contributed by atoms with Crippen molar-refractivity contribution in [3.63, 3.8) is 0 Å². The number of thioether (sulfide) groups is 1. The van der Waals surface area contributed by atoms with Gasteiger partial charge >= 0.3 is 0 Å². The number of rotatable bonds is 11. The third-order valence-corrected chi connectivity index (χ3v) is 10.6. The topological polar surface area (TPSA) is 100 Å². The molecule has 0 aliphatic heterocycles. The summed E-state index contributed by atoms with van der Waals surface area (Å²) < 4.78 is 0. The number of aryl methyl sites for hydroxylation is 2. The minimum atomic E-state index is -0.583. The van der Waals surface area contributed by atoms with Crippen molar-refractivity contribution >= 4 is 80.9 Å². The molecule has 11 heteroatoms. The van der Waals surface area contributed by atoms with Gasteiger partial charge in [0.1, 0.15) is 10.9 Å². The van der Waals surface area contributed by atoms with E-state index in [-0.39, 0.29) is 11.6 Å². The second-order valence-electron chi connectivity index (χ2n) is 11.7. The molecule has 5 aromatic carbocycles. The fourth-order valence-corrected chi connectivity index (χ4v) is 7.50. The molecule has 1 heterocycles. The molecule has 52 heavy (non-hydrogen) atoms. The van der Waals surface area contributed by atoms with E-state index in [1.165, 1.54) is 29.2 Å². The lowest BCUT2D eigenvalue weighted by Crippen LogP contribution is -2.30. The molecule has 3 amide bonds. The third-order valence-electron chi connectivity index (χ3n) is 7.85. The molecule has 0 radical (unpaired) electrons. The van der Waals surface area contributed by atoms with Gasteiger partial charge in [0, 0.05) is 36.6 Å². The van der Waals surface area contributed by atoms with Crippen LogP contribution in [0.5, 0.6) is 0 Å². The molecule has 0 aliphatic rings. The summed E-state index contributed by atoms with van der Waals surface area (Å²) in [7, 11) is 0. The van der Waals surface area contributed by atoms with Gasteiger partial charge in [-0.15, -0.1) is 23.1 Å². The molecule has 6 rings (SSSR count). The lowest BCUT2D eigenvalue weighted by Gasteiger charge is -2.17. The molecule has 0 saturated carbocycles. The Labute approximate surface area is 320 Å². The highest BCUT2D eigenvalue weighted by molar-refractivity contribution is 8.00. The van der Waals surface area contributed by atoms with Gasteiger partial charge in [-0.05, 0) is 79.6 Å². The molecule has 1 atom stereocenters. The van der Waals surface area contributed by atoms with Gasteiger partial charge in [-0.2, -0.15) is 0 Å². The van der Waals surface area contributed by atoms with Crippen LogP contribution in [0.1, 0.15) is 37.2 Å². The maximum Gasteiger partial charge on any atom is 0.272 e. The molecule has 3 N–H and O–H groups in total. The van der Waals surface area contributed by atoms with E-state index in [4.69, 9.17) is 28.2 Å². The highest BCUT2D eigenvalue weighted by Gasteiger charge is 2.24. The van der Waals surface area contributed by atoms with E-state index in [9.17, 15) is 14.4 Å². The number of carbonyl (C=O) groups is 3. The van der Waals surface area contributed by atoms with Crippen molar-refractivity contribution in [1.82, 2.24) is 10.3 Å². The molecule has 0 saturated heterocycles. The van der Waals surface area contributed by atoms with E-state index in [1.54, 1.807) is 60.7 Å². The number of nitrogens with one attached hydrogen (secondary N) is 3. The number of carbonyl (C=O) groups excluding carboxylic acids is 3. The second-order valence-corrected chi connectivity index (χ2v) is 14.9. The third kappa shape index (κ3) is 9.37. The average molecular weight is 764 g/mol. The van der Waals surface area contributed by atoms with E-state index in [0.717, 1.165) is 32.2 Å². The lowest BCUT2D eigenvalue weighted by atomic mass is 10.1. The monoisotopic (exact) mass is 762 g/mol. The average Bonchev–Trinajstić information content (AvgIpc) is 3.52. The summed E-state index contributed by atoms with van der Waals surface area (Å²) in [5, 5.41) is 9.32. The molecule has 1 aromatic heterocycles. The van der Waals surface area contributed by atoms with Gasteiger partial charge in [-0.3, -0.25) is 14.4 Å². The molecular weight excluding hydrogens is 732 g/mol. The van der Waals surface area contributed by atoms with Gasteiger partial charge in [0.15, 0.2) is 5.13 Å². The van der Waals surface area contributed by atoms with Crippen LogP contribution < -0.4 is 16.0 Å². The van der Waals surface area contributed by atoms with Crippen molar-refractivity contribution in [1.29, 1.82) is 0 Å². The quantitative estimate of drug-likeness (QED) is 0.0901. The first-order chi connectivity index (χ1) is 25.1. The van der Waals surface area contributed by atoms with Crippen molar-refractivity contribution in [3.8, 4) is 11.3 Å². The van der Waals surface area contributed by atoms with Gasteiger partial charge in [0.05, 0.1) is 5.69 Å². The van der Waals surface area contributed by atoms with Crippen molar-refractivity contribution in [2.45, 2.75) is 24.0 Å². The Bertz CT molecular complexity index is 2240. The van der Waals surface area contributed by atoms with Crippen LogP contribution in [0.25, 0.3) is 17.3 Å². The first kappa shape index (κ1) is 36.6. The predicted molar refractivity (Wildman–Crippen MR) is 214 cm³/mol. The van der Waals surface area contributed by atoms with Crippen LogP contribution in [0.15, 0.2) is 138 Å². The Morgan fingerprint density at radius 1 is 0.788 bits per heavy atom. The fourth-order valence-electron chi connectivity index (χ4n) is 5.17. The zero-order valence-electron chi connectivity index (χ0n) is 28.0. The molecule has 260 valence electrons.